The molecular weight excluding hydrogens is 887 g/mol. The van der Waals surface area contributed by atoms with Crippen molar-refractivity contribution < 1.29 is 30.2 Å². The molecule has 9 rings (SSSR count). The molecule has 2 aliphatic heterocycles. The number of halogens is 1. The first-order valence-electron chi connectivity index (χ1n) is 19.0. The largest absolute Gasteiger partial charge is 0.509 e. The summed E-state index contributed by atoms with van der Waals surface area (Å²) in [5, 5.41) is 0. The normalized spacial score (nSPS) is 13.2. The second-order valence-electron chi connectivity index (χ2n) is 16.4. The van der Waals surface area contributed by atoms with Gasteiger partial charge in [-0.2, -0.15) is 12.1 Å². The first-order valence-corrected chi connectivity index (χ1v) is 19.0. The van der Waals surface area contributed by atoms with Crippen molar-refractivity contribution >= 4 is 39.9 Å². The third-order valence-electron chi connectivity index (χ3n) is 10.5. The van der Waals surface area contributed by atoms with Crippen LogP contribution in [0.4, 0.5) is 44.3 Å². The Labute approximate surface area is 349 Å². The molecule has 288 valence electrons. The molecule has 0 amide bonds. The Morgan fingerprint density at radius 1 is 0.579 bits per heavy atom. The standard InChI is InChI=1S/C50H42FN4O.Pt/c1-49(2,3)33-18-21-36(22-19-33)53-32-54(45-17-10-9-16-44(45)53)37-12-11-13-38(30-37)56-39-23-25-43-41-15-8-7-14-40(41)42-24-20-35(51)29-46(42)55(47(43)31-39)48-28-34(26-27-52-48)50(4,5)6;/h7-29,32H,1-6H3;/q-3;. The maximum atomic E-state index is 15.2. The van der Waals surface area contributed by atoms with E-state index in [1.807, 2.05) is 59.6 Å². The van der Waals surface area contributed by atoms with Gasteiger partial charge in [-0.3, -0.25) is 0 Å². The topological polar surface area (TPSA) is 31.8 Å². The van der Waals surface area contributed by atoms with E-state index < -0.39 is 0 Å². The molecule has 0 aliphatic carbocycles. The van der Waals surface area contributed by atoms with E-state index in [9.17, 15) is 0 Å². The van der Waals surface area contributed by atoms with Gasteiger partial charge in [0, 0.05) is 61.4 Å². The number of benzene rings is 6. The molecule has 0 N–H and O–H groups in total. The molecular formula is C50H42FN4OPt-3. The zero-order chi connectivity index (χ0) is 38.8. The summed E-state index contributed by atoms with van der Waals surface area (Å²) >= 11 is 0. The Morgan fingerprint density at radius 2 is 1.23 bits per heavy atom. The number of hydrogen-bond donors (Lipinski definition) is 0. The van der Waals surface area contributed by atoms with Crippen molar-refractivity contribution in [2.75, 3.05) is 14.7 Å². The van der Waals surface area contributed by atoms with Crippen molar-refractivity contribution in [2.24, 2.45) is 0 Å². The van der Waals surface area contributed by atoms with Crippen molar-refractivity contribution in [3.63, 3.8) is 0 Å². The van der Waals surface area contributed by atoms with Crippen LogP contribution in [0.3, 0.4) is 0 Å². The number of rotatable bonds is 5. The second kappa shape index (κ2) is 14.7. The number of aromatic nitrogens is 1. The number of nitrogens with zero attached hydrogens (tertiary/aromatic N) is 4. The van der Waals surface area contributed by atoms with Gasteiger partial charge < -0.3 is 19.4 Å². The molecule has 1 aromatic heterocycles. The van der Waals surface area contributed by atoms with Crippen molar-refractivity contribution in [1.82, 2.24) is 4.98 Å². The van der Waals surface area contributed by atoms with Gasteiger partial charge in [0.1, 0.15) is 11.6 Å². The first-order chi connectivity index (χ1) is 26.9. The van der Waals surface area contributed by atoms with E-state index in [-0.39, 0.29) is 37.7 Å². The van der Waals surface area contributed by atoms with Crippen molar-refractivity contribution in [3.8, 4) is 33.8 Å². The third-order valence-corrected chi connectivity index (χ3v) is 10.5. The van der Waals surface area contributed by atoms with Crippen LogP contribution in [0, 0.1) is 24.6 Å². The van der Waals surface area contributed by atoms with Gasteiger partial charge in [-0.25, -0.2) is 9.37 Å². The van der Waals surface area contributed by atoms with E-state index in [2.05, 4.69) is 143 Å². The fourth-order valence-corrected chi connectivity index (χ4v) is 7.54. The predicted octanol–water partition coefficient (Wildman–Crippen LogP) is 13.7. The Balaban J connectivity index is 0.00000455. The van der Waals surface area contributed by atoms with Gasteiger partial charge in [0.25, 0.3) is 0 Å². The molecule has 7 heteroatoms. The van der Waals surface area contributed by atoms with E-state index in [1.54, 1.807) is 6.07 Å². The van der Waals surface area contributed by atoms with E-state index >= 15 is 4.39 Å². The van der Waals surface area contributed by atoms with Crippen LogP contribution in [0.15, 0.2) is 140 Å². The SMILES string of the molecule is CC(C)(C)c1ccc(N2[CH-]N(c3[c-]c(Oc4[c-]c5c(cc4)-c4ccccc4-c4ccc(F)cc4N5c4cc(C(C)(C)C)ccn4)ccc3)c3ccccc32)cc1.[Pt]. The molecule has 0 fully saturated rings. The summed E-state index contributed by atoms with van der Waals surface area (Å²) in [6.07, 6.45) is 1.82. The van der Waals surface area contributed by atoms with E-state index in [0.29, 0.717) is 28.7 Å². The maximum absolute atomic E-state index is 15.2. The smallest absolute Gasteiger partial charge is 0.135 e. The number of ether oxygens (including phenoxy) is 1. The molecule has 2 aliphatic rings. The molecule has 5 nitrogen and oxygen atoms in total. The summed E-state index contributed by atoms with van der Waals surface area (Å²) in [5.41, 5.74) is 11.6. The molecule has 0 saturated heterocycles. The Morgan fingerprint density at radius 3 is 1.95 bits per heavy atom. The molecule has 0 saturated carbocycles. The minimum atomic E-state index is -0.332. The van der Waals surface area contributed by atoms with Crippen molar-refractivity contribution in [3.05, 3.63) is 175 Å². The zero-order valence-electron chi connectivity index (χ0n) is 32.7. The Hall–Kier alpha value is -5.71. The molecule has 0 radical (unpaired) electrons. The fourth-order valence-electron chi connectivity index (χ4n) is 7.54. The van der Waals surface area contributed by atoms with Crippen LogP contribution in [-0.2, 0) is 31.9 Å². The van der Waals surface area contributed by atoms with Gasteiger partial charge in [0.05, 0.1) is 5.69 Å². The van der Waals surface area contributed by atoms with Crippen molar-refractivity contribution in [2.45, 2.75) is 52.4 Å². The molecule has 0 spiro atoms. The van der Waals surface area contributed by atoms with Crippen LogP contribution >= 0.6 is 0 Å². The molecule has 0 bridgehead atoms. The first kappa shape index (κ1) is 38.2. The second-order valence-corrected chi connectivity index (χ2v) is 16.4. The monoisotopic (exact) mass is 928 g/mol. The Kier molecular flexibility index (Phi) is 9.82. The van der Waals surface area contributed by atoms with Gasteiger partial charge in [0.15, 0.2) is 0 Å². The van der Waals surface area contributed by atoms with Gasteiger partial charge in [-0.15, -0.1) is 48.3 Å². The van der Waals surface area contributed by atoms with E-state index in [1.165, 1.54) is 11.6 Å². The van der Waals surface area contributed by atoms with Gasteiger partial charge in [0.2, 0.25) is 0 Å². The summed E-state index contributed by atoms with van der Waals surface area (Å²) in [6.45, 7) is 15.3. The van der Waals surface area contributed by atoms with Crippen molar-refractivity contribution in [1.29, 1.82) is 0 Å². The number of anilines is 7. The van der Waals surface area contributed by atoms with Crippen LogP contribution < -0.4 is 19.4 Å². The predicted molar refractivity (Wildman–Crippen MR) is 226 cm³/mol. The minimum absolute atomic E-state index is 0. The van der Waals surface area contributed by atoms with Crippen LogP contribution in [0.5, 0.6) is 11.5 Å². The summed E-state index contributed by atoms with van der Waals surface area (Å²) < 4.78 is 21.9. The average Bonchev–Trinajstić information content (AvgIpc) is 3.53. The molecule has 6 aromatic carbocycles. The summed E-state index contributed by atoms with van der Waals surface area (Å²) in [7, 11) is 0. The maximum Gasteiger partial charge on any atom is 0.135 e. The molecule has 57 heavy (non-hydrogen) atoms. The van der Waals surface area contributed by atoms with Gasteiger partial charge in [-0.05, 0) is 82.1 Å². The fraction of sp³-hybridized carbons (Fsp3) is 0.160. The third kappa shape index (κ3) is 7.12. The minimum Gasteiger partial charge on any atom is -0.509 e. The average molecular weight is 929 g/mol. The number of hydrogen-bond acceptors (Lipinski definition) is 5. The Bertz CT molecular complexity index is 2610. The zero-order valence-corrected chi connectivity index (χ0v) is 35.0. The molecule has 0 unspecified atom stereocenters. The molecule has 0 atom stereocenters. The summed E-state index contributed by atoms with van der Waals surface area (Å²) in [5.74, 6) is 1.37. The molecule has 3 heterocycles. The molecule has 7 aromatic rings. The van der Waals surface area contributed by atoms with Crippen LogP contribution in [-0.4, -0.2) is 4.98 Å². The number of para-hydroxylation sites is 2. The van der Waals surface area contributed by atoms with Crippen LogP contribution in [0.25, 0.3) is 22.3 Å². The van der Waals surface area contributed by atoms with Gasteiger partial charge >= 0.3 is 0 Å². The summed E-state index contributed by atoms with van der Waals surface area (Å²) in [6, 6.07) is 51.5. The van der Waals surface area contributed by atoms with E-state index in [0.717, 1.165) is 50.6 Å². The van der Waals surface area contributed by atoms with E-state index in [4.69, 9.17) is 9.72 Å². The van der Waals surface area contributed by atoms with Crippen LogP contribution in [0.1, 0.15) is 52.7 Å². The van der Waals surface area contributed by atoms with Gasteiger partial charge in [-0.1, -0.05) is 101 Å². The quantitative estimate of drug-likeness (QED) is 0.161. The number of pyridine rings is 1. The van der Waals surface area contributed by atoms with Crippen LogP contribution in [0.2, 0.25) is 0 Å². The summed E-state index contributed by atoms with van der Waals surface area (Å²) in [4.78, 5) is 11.2. The number of fused-ring (bicyclic) bond motifs is 6.